The first-order chi connectivity index (χ1) is 8.04. The van der Waals surface area contributed by atoms with Crippen molar-refractivity contribution in [2.45, 2.75) is 6.92 Å². The number of imide groups is 1. The lowest BCUT2D eigenvalue weighted by atomic mass is 10.3. The average Bonchev–Trinajstić information content (AvgIpc) is 2.29. The van der Waals surface area contributed by atoms with Gasteiger partial charge in [-0.15, -0.1) is 0 Å². The van der Waals surface area contributed by atoms with Crippen molar-refractivity contribution in [1.82, 2.24) is 10.3 Å². The van der Waals surface area contributed by atoms with Crippen LogP contribution in [-0.4, -0.2) is 21.7 Å². The van der Waals surface area contributed by atoms with Crippen LogP contribution in [-0.2, 0) is 4.79 Å². The highest BCUT2D eigenvalue weighted by Gasteiger charge is 2.12. The molecule has 0 atom stereocenters. The van der Waals surface area contributed by atoms with Crippen LogP contribution in [0.2, 0.25) is 0 Å². The van der Waals surface area contributed by atoms with Crippen molar-refractivity contribution in [1.29, 1.82) is 0 Å². The highest BCUT2D eigenvalue weighted by atomic mass is 16.6. The van der Waals surface area contributed by atoms with E-state index in [-0.39, 0.29) is 11.4 Å². The van der Waals surface area contributed by atoms with E-state index in [1.807, 2.05) is 5.32 Å². The minimum absolute atomic E-state index is 0.0616. The number of hydrogen-bond acceptors (Lipinski definition) is 5. The predicted octanol–water partition coefficient (Wildman–Crippen LogP) is 0.822. The molecule has 7 heteroatoms. The summed E-state index contributed by atoms with van der Waals surface area (Å²) in [6.07, 6.45) is 3.62. The fourth-order valence-corrected chi connectivity index (χ4v) is 0.997. The van der Waals surface area contributed by atoms with E-state index in [9.17, 15) is 19.7 Å². The fraction of sp³-hybridized carbons (Fsp3) is 0.100. The Labute approximate surface area is 96.3 Å². The maximum Gasteiger partial charge on any atom is 0.287 e. The molecule has 1 aromatic rings. The largest absolute Gasteiger partial charge is 0.287 e. The molecule has 1 N–H and O–H groups in total. The highest BCUT2D eigenvalue weighted by molar-refractivity contribution is 6.07. The Hall–Kier alpha value is -2.57. The summed E-state index contributed by atoms with van der Waals surface area (Å²) in [7, 11) is 0. The molecule has 0 saturated carbocycles. The number of carbonyl (C=O) groups excluding carboxylic acids is 2. The molecule has 0 saturated heterocycles. The molecule has 1 heterocycles. The number of aromatic nitrogens is 1. The third-order valence-corrected chi connectivity index (χ3v) is 1.75. The van der Waals surface area contributed by atoms with Gasteiger partial charge in [0.15, 0.2) is 0 Å². The molecule has 0 aliphatic carbocycles. The summed E-state index contributed by atoms with van der Waals surface area (Å²) in [6.45, 7) is 1.63. The molecular formula is C10H9N3O4. The number of rotatable bonds is 3. The van der Waals surface area contributed by atoms with E-state index in [1.165, 1.54) is 18.2 Å². The molecule has 7 nitrogen and oxygen atoms in total. The Morgan fingerprint density at radius 3 is 2.65 bits per heavy atom. The van der Waals surface area contributed by atoms with Crippen LogP contribution < -0.4 is 5.32 Å². The summed E-state index contributed by atoms with van der Waals surface area (Å²) >= 11 is 0. The van der Waals surface area contributed by atoms with Crippen molar-refractivity contribution in [2.75, 3.05) is 0 Å². The zero-order valence-corrected chi connectivity index (χ0v) is 8.91. The quantitative estimate of drug-likeness (QED) is 0.474. The van der Waals surface area contributed by atoms with E-state index in [2.05, 4.69) is 4.98 Å². The maximum atomic E-state index is 11.4. The van der Waals surface area contributed by atoms with Gasteiger partial charge >= 0.3 is 0 Å². The molecule has 88 valence electrons. The van der Waals surface area contributed by atoms with Crippen LogP contribution in [0.4, 0.5) is 5.69 Å². The lowest BCUT2D eigenvalue weighted by molar-refractivity contribution is -0.385. The SMILES string of the molecule is CC=CC(=O)NC(=O)c1ccc([N+](=O)[O-])cn1. The monoisotopic (exact) mass is 235 g/mol. The lowest BCUT2D eigenvalue weighted by Crippen LogP contribution is -2.29. The number of nitrogens with zero attached hydrogens (tertiary/aromatic N) is 2. The normalized spacial score (nSPS) is 10.2. The summed E-state index contributed by atoms with van der Waals surface area (Å²) in [5.41, 5.74) is -0.283. The Kier molecular flexibility index (Phi) is 4.04. The predicted molar refractivity (Wildman–Crippen MR) is 58.2 cm³/mol. The Morgan fingerprint density at radius 2 is 2.18 bits per heavy atom. The van der Waals surface area contributed by atoms with Gasteiger partial charge < -0.3 is 0 Å². The van der Waals surface area contributed by atoms with Gasteiger partial charge in [0, 0.05) is 6.07 Å². The van der Waals surface area contributed by atoms with Gasteiger partial charge in [-0.25, -0.2) is 4.98 Å². The van der Waals surface area contributed by atoms with Gasteiger partial charge in [-0.1, -0.05) is 6.08 Å². The first-order valence-corrected chi connectivity index (χ1v) is 4.63. The summed E-state index contributed by atoms with van der Waals surface area (Å²) in [5.74, 6) is -1.28. The zero-order chi connectivity index (χ0) is 12.8. The van der Waals surface area contributed by atoms with Gasteiger partial charge in [-0.2, -0.15) is 0 Å². The average molecular weight is 235 g/mol. The van der Waals surface area contributed by atoms with Crippen molar-refractivity contribution in [3.63, 3.8) is 0 Å². The first-order valence-electron chi connectivity index (χ1n) is 4.63. The molecule has 0 fully saturated rings. The summed E-state index contributed by atoms with van der Waals surface area (Å²) < 4.78 is 0. The van der Waals surface area contributed by atoms with Crippen LogP contribution in [0.25, 0.3) is 0 Å². The molecule has 0 aliphatic heterocycles. The molecule has 1 rings (SSSR count). The minimum atomic E-state index is -0.706. The number of amides is 2. The van der Waals surface area contributed by atoms with E-state index < -0.39 is 16.7 Å². The Balaban J connectivity index is 2.76. The highest BCUT2D eigenvalue weighted by Crippen LogP contribution is 2.08. The zero-order valence-electron chi connectivity index (χ0n) is 8.91. The molecule has 0 spiro atoms. The number of allylic oxidation sites excluding steroid dienone is 1. The number of nitro groups is 1. The van der Waals surface area contributed by atoms with E-state index >= 15 is 0 Å². The van der Waals surface area contributed by atoms with Crippen LogP contribution in [0, 0.1) is 10.1 Å². The fourth-order valence-electron chi connectivity index (χ4n) is 0.997. The van der Waals surface area contributed by atoms with Crippen LogP contribution in [0.5, 0.6) is 0 Å². The second-order valence-electron chi connectivity index (χ2n) is 2.98. The van der Waals surface area contributed by atoms with Crippen LogP contribution in [0.3, 0.4) is 0 Å². The van der Waals surface area contributed by atoms with E-state index in [1.54, 1.807) is 6.92 Å². The van der Waals surface area contributed by atoms with Crippen LogP contribution >= 0.6 is 0 Å². The molecule has 0 radical (unpaired) electrons. The van der Waals surface area contributed by atoms with Crippen molar-refractivity contribution >= 4 is 17.5 Å². The molecule has 0 unspecified atom stereocenters. The number of nitrogens with one attached hydrogen (secondary N) is 1. The molecule has 1 aromatic heterocycles. The summed E-state index contributed by atoms with van der Waals surface area (Å²) in [6, 6.07) is 2.32. The van der Waals surface area contributed by atoms with Crippen molar-refractivity contribution in [3.05, 3.63) is 46.3 Å². The standard InChI is InChI=1S/C10H9N3O4/c1-2-3-9(14)12-10(15)8-5-4-7(6-11-8)13(16)17/h2-6H,1H3,(H,12,14,15). The van der Waals surface area contributed by atoms with Crippen LogP contribution in [0.15, 0.2) is 30.5 Å². The summed E-state index contributed by atoms with van der Waals surface area (Å²) in [5, 5.41) is 12.4. The molecule has 2 amide bonds. The minimum Gasteiger partial charge on any atom is -0.287 e. The van der Waals surface area contributed by atoms with Crippen molar-refractivity contribution in [3.8, 4) is 0 Å². The van der Waals surface area contributed by atoms with Gasteiger partial charge in [-0.3, -0.25) is 25.0 Å². The first kappa shape index (κ1) is 12.5. The topological polar surface area (TPSA) is 102 Å². The lowest BCUT2D eigenvalue weighted by Gasteiger charge is -1.99. The van der Waals surface area contributed by atoms with Gasteiger partial charge in [0.1, 0.15) is 11.9 Å². The van der Waals surface area contributed by atoms with Gasteiger partial charge in [-0.05, 0) is 19.1 Å². The smallest absolute Gasteiger partial charge is 0.287 e. The van der Waals surface area contributed by atoms with E-state index in [0.717, 1.165) is 12.3 Å². The molecule has 0 aliphatic rings. The van der Waals surface area contributed by atoms with Crippen molar-refractivity contribution in [2.24, 2.45) is 0 Å². The number of pyridine rings is 1. The Bertz CT molecular complexity index is 479. The second kappa shape index (κ2) is 5.50. The molecule has 0 aromatic carbocycles. The molecule has 17 heavy (non-hydrogen) atoms. The second-order valence-corrected chi connectivity index (χ2v) is 2.98. The third-order valence-electron chi connectivity index (χ3n) is 1.75. The van der Waals surface area contributed by atoms with Gasteiger partial charge in [0.2, 0.25) is 0 Å². The van der Waals surface area contributed by atoms with Crippen molar-refractivity contribution < 1.29 is 14.5 Å². The Morgan fingerprint density at radius 1 is 1.47 bits per heavy atom. The number of hydrogen-bond donors (Lipinski definition) is 1. The van der Waals surface area contributed by atoms with Crippen LogP contribution in [0.1, 0.15) is 17.4 Å². The van der Waals surface area contributed by atoms with E-state index in [4.69, 9.17) is 0 Å². The molecule has 0 bridgehead atoms. The number of carbonyl (C=O) groups is 2. The van der Waals surface area contributed by atoms with Gasteiger partial charge in [0.05, 0.1) is 4.92 Å². The summed E-state index contributed by atoms with van der Waals surface area (Å²) in [4.78, 5) is 35.8. The van der Waals surface area contributed by atoms with Gasteiger partial charge in [0.25, 0.3) is 17.5 Å². The third kappa shape index (κ3) is 3.49. The molecular weight excluding hydrogens is 226 g/mol. The maximum absolute atomic E-state index is 11.4. The van der Waals surface area contributed by atoms with E-state index in [0.29, 0.717) is 0 Å².